The lowest BCUT2D eigenvalue weighted by Gasteiger charge is -2.35. The van der Waals surface area contributed by atoms with Crippen molar-refractivity contribution < 1.29 is 19.0 Å². The number of morpholine rings is 1. The van der Waals surface area contributed by atoms with Gasteiger partial charge < -0.3 is 14.7 Å². The van der Waals surface area contributed by atoms with Crippen LogP contribution in [0, 0.1) is 5.82 Å². The van der Waals surface area contributed by atoms with Crippen molar-refractivity contribution in [3.63, 3.8) is 0 Å². The lowest BCUT2D eigenvalue weighted by Crippen LogP contribution is -2.48. The number of carbonyl (C=O) groups excluding carboxylic acids is 1. The Labute approximate surface area is 105 Å². The molecule has 1 aliphatic rings. The molecule has 0 spiro atoms. The highest BCUT2D eigenvalue weighted by Crippen LogP contribution is 2.20. The van der Waals surface area contributed by atoms with E-state index in [0.29, 0.717) is 19.8 Å². The number of hydrogen-bond acceptors (Lipinski definition) is 3. The summed E-state index contributed by atoms with van der Waals surface area (Å²) in [7, 11) is 0. The van der Waals surface area contributed by atoms with Crippen LogP contribution < -0.4 is 0 Å². The molecule has 0 bridgehead atoms. The lowest BCUT2D eigenvalue weighted by molar-refractivity contribution is -0.00303. The molecule has 1 aliphatic heterocycles. The Hall–Kier alpha value is -1.62. The van der Waals surface area contributed by atoms with E-state index in [-0.39, 0.29) is 23.3 Å². The summed E-state index contributed by atoms with van der Waals surface area (Å²) in [6.45, 7) is 3.40. The van der Waals surface area contributed by atoms with Gasteiger partial charge in [0.05, 0.1) is 24.8 Å². The van der Waals surface area contributed by atoms with Crippen molar-refractivity contribution in [1.29, 1.82) is 0 Å². The Morgan fingerprint density at radius 2 is 2.39 bits per heavy atom. The Morgan fingerprint density at radius 1 is 1.61 bits per heavy atom. The van der Waals surface area contributed by atoms with E-state index in [4.69, 9.17) is 9.84 Å². The third-order valence-electron chi connectivity index (χ3n) is 3.14. The average molecular weight is 253 g/mol. The van der Waals surface area contributed by atoms with Gasteiger partial charge in [-0.15, -0.1) is 0 Å². The predicted molar refractivity (Wildman–Crippen MR) is 64.0 cm³/mol. The first kappa shape index (κ1) is 12.8. The van der Waals surface area contributed by atoms with Crippen LogP contribution in [-0.2, 0) is 4.74 Å². The van der Waals surface area contributed by atoms with Gasteiger partial charge >= 0.3 is 0 Å². The molecule has 0 aliphatic carbocycles. The van der Waals surface area contributed by atoms with Gasteiger partial charge in [-0.05, 0) is 18.6 Å². The van der Waals surface area contributed by atoms with E-state index < -0.39 is 5.82 Å². The summed E-state index contributed by atoms with van der Waals surface area (Å²) < 4.78 is 19.0. The molecule has 5 heteroatoms. The number of rotatable bonds is 2. The first-order chi connectivity index (χ1) is 8.63. The minimum Gasteiger partial charge on any atom is -0.508 e. The smallest absolute Gasteiger partial charge is 0.257 e. The average Bonchev–Trinajstić information content (AvgIpc) is 2.38. The van der Waals surface area contributed by atoms with Gasteiger partial charge in [0.1, 0.15) is 11.6 Å². The Kier molecular flexibility index (Phi) is 3.81. The topological polar surface area (TPSA) is 49.8 Å². The normalized spacial score (nSPS) is 19.9. The monoisotopic (exact) mass is 253 g/mol. The maximum Gasteiger partial charge on any atom is 0.257 e. The Balaban J connectivity index is 2.24. The largest absolute Gasteiger partial charge is 0.508 e. The molecule has 1 fully saturated rings. The molecule has 0 radical (unpaired) electrons. The maximum absolute atomic E-state index is 13.6. The highest BCUT2D eigenvalue weighted by Gasteiger charge is 2.28. The second-order valence-corrected chi connectivity index (χ2v) is 4.30. The van der Waals surface area contributed by atoms with E-state index in [9.17, 15) is 9.18 Å². The highest BCUT2D eigenvalue weighted by molar-refractivity contribution is 5.95. The maximum atomic E-state index is 13.6. The van der Waals surface area contributed by atoms with Gasteiger partial charge in [-0.25, -0.2) is 4.39 Å². The van der Waals surface area contributed by atoms with E-state index in [1.807, 2.05) is 6.92 Å². The predicted octanol–water partition coefficient (Wildman–Crippen LogP) is 1.78. The molecule has 1 amide bonds. The Bertz CT molecular complexity index is 450. The number of carbonyl (C=O) groups is 1. The zero-order valence-corrected chi connectivity index (χ0v) is 10.2. The van der Waals surface area contributed by atoms with E-state index in [1.165, 1.54) is 12.1 Å². The summed E-state index contributed by atoms with van der Waals surface area (Å²) in [4.78, 5) is 13.9. The summed E-state index contributed by atoms with van der Waals surface area (Å²) in [5.74, 6) is -1.22. The molecular weight excluding hydrogens is 237 g/mol. The SMILES string of the molecule is CCC1COCCN1C(=O)c1ccc(O)cc1F. The number of benzene rings is 1. The molecule has 98 valence electrons. The van der Waals surface area contributed by atoms with Crippen molar-refractivity contribution in [1.82, 2.24) is 4.90 Å². The molecule has 1 N–H and O–H groups in total. The molecule has 1 aromatic carbocycles. The minimum absolute atomic E-state index is 0.00634. The molecule has 2 rings (SSSR count). The van der Waals surface area contributed by atoms with Crippen molar-refractivity contribution in [2.45, 2.75) is 19.4 Å². The molecule has 1 unspecified atom stereocenters. The highest BCUT2D eigenvalue weighted by atomic mass is 19.1. The number of nitrogens with zero attached hydrogens (tertiary/aromatic N) is 1. The molecular formula is C13H16FNO3. The van der Waals surface area contributed by atoms with Crippen LogP contribution >= 0.6 is 0 Å². The van der Waals surface area contributed by atoms with Crippen LogP contribution in [0.15, 0.2) is 18.2 Å². The molecule has 0 saturated carbocycles. The van der Waals surface area contributed by atoms with Gasteiger partial charge in [-0.3, -0.25) is 4.79 Å². The van der Waals surface area contributed by atoms with E-state index in [0.717, 1.165) is 12.5 Å². The van der Waals surface area contributed by atoms with Gasteiger partial charge in [-0.2, -0.15) is 0 Å². The minimum atomic E-state index is -0.693. The number of ether oxygens (including phenoxy) is 1. The van der Waals surface area contributed by atoms with Crippen LogP contribution in [0.2, 0.25) is 0 Å². The quantitative estimate of drug-likeness (QED) is 0.874. The molecule has 4 nitrogen and oxygen atoms in total. The van der Waals surface area contributed by atoms with Gasteiger partial charge in [0.2, 0.25) is 0 Å². The molecule has 1 heterocycles. The Morgan fingerprint density at radius 3 is 3.06 bits per heavy atom. The van der Waals surface area contributed by atoms with Crippen molar-refractivity contribution in [3.05, 3.63) is 29.6 Å². The standard InChI is InChI=1S/C13H16FNO3/c1-2-9-8-18-6-5-15(9)13(17)11-4-3-10(16)7-12(11)14/h3-4,7,9,16H,2,5-6,8H2,1H3. The van der Waals surface area contributed by atoms with Gasteiger partial charge in [-0.1, -0.05) is 6.92 Å². The zero-order valence-electron chi connectivity index (χ0n) is 10.2. The molecule has 1 saturated heterocycles. The van der Waals surface area contributed by atoms with Crippen LogP contribution in [0.5, 0.6) is 5.75 Å². The third-order valence-corrected chi connectivity index (χ3v) is 3.14. The van der Waals surface area contributed by atoms with Crippen molar-refractivity contribution in [3.8, 4) is 5.75 Å². The number of phenols is 1. The first-order valence-electron chi connectivity index (χ1n) is 6.00. The summed E-state index contributed by atoms with van der Waals surface area (Å²) >= 11 is 0. The van der Waals surface area contributed by atoms with Gasteiger partial charge in [0.15, 0.2) is 0 Å². The molecule has 18 heavy (non-hydrogen) atoms. The fourth-order valence-electron chi connectivity index (χ4n) is 2.09. The summed E-state index contributed by atoms with van der Waals surface area (Å²) in [6, 6.07) is 3.57. The third kappa shape index (κ3) is 2.46. The van der Waals surface area contributed by atoms with Crippen LogP contribution in [0.25, 0.3) is 0 Å². The molecule has 0 aromatic heterocycles. The number of aromatic hydroxyl groups is 1. The number of hydrogen-bond donors (Lipinski definition) is 1. The molecule has 1 aromatic rings. The fourth-order valence-corrected chi connectivity index (χ4v) is 2.09. The second-order valence-electron chi connectivity index (χ2n) is 4.30. The fraction of sp³-hybridized carbons (Fsp3) is 0.462. The summed E-state index contributed by atoms with van der Waals surface area (Å²) in [5, 5.41) is 9.14. The molecule has 1 atom stereocenters. The van der Waals surface area contributed by atoms with E-state index in [1.54, 1.807) is 4.90 Å². The number of phenolic OH excluding ortho intramolecular Hbond substituents is 1. The second kappa shape index (κ2) is 5.35. The van der Waals surface area contributed by atoms with Gasteiger partial charge in [0, 0.05) is 12.6 Å². The van der Waals surface area contributed by atoms with Crippen LogP contribution in [0.1, 0.15) is 23.7 Å². The van der Waals surface area contributed by atoms with Gasteiger partial charge in [0.25, 0.3) is 5.91 Å². The first-order valence-corrected chi connectivity index (χ1v) is 6.00. The van der Waals surface area contributed by atoms with Crippen molar-refractivity contribution in [2.24, 2.45) is 0 Å². The van der Waals surface area contributed by atoms with Crippen LogP contribution in [0.3, 0.4) is 0 Å². The van der Waals surface area contributed by atoms with Crippen LogP contribution in [-0.4, -0.2) is 41.7 Å². The van der Waals surface area contributed by atoms with Crippen molar-refractivity contribution in [2.75, 3.05) is 19.8 Å². The lowest BCUT2D eigenvalue weighted by atomic mass is 10.1. The zero-order chi connectivity index (χ0) is 13.1. The summed E-state index contributed by atoms with van der Waals surface area (Å²) in [5.41, 5.74) is -0.00634. The van der Waals surface area contributed by atoms with E-state index in [2.05, 4.69) is 0 Å². The number of halogens is 1. The van der Waals surface area contributed by atoms with E-state index >= 15 is 0 Å². The van der Waals surface area contributed by atoms with Crippen molar-refractivity contribution >= 4 is 5.91 Å². The number of amides is 1. The van der Waals surface area contributed by atoms with Crippen LogP contribution in [0.4, 0.5) is 4.39 Å². The summed E-state index contributed by atoms with van der Waals surface area (Å²) in [6.07, 6.45) is 0.769.